The van der Waals surface area contributed by atoms with Gasteiger partial charge in [-0.2, -0.15) is 0 Å². The van der Waals surface area contributed by atoms with Crippen LogP contribution in [-0.4, -0.2) is 11.0 Å². The molecule has 21 heavy (non-hydrogen) atoms. The van der Waals surface area contributed by atoms with Gasteiger partial charge in [-0.1, -0.05) is 17.7 Å². The first-order valence-corrected chi connectivity index (χ1v) is 7.56. The summed E-state index contributed by atoms with van der Waals surface area (Å²) in [5.41, 5.74) is 0.741. The lowest BCUT2D eigenvalue weighted by atomic mass is 10.1. The van der Waals surface area contributed by atoms with E-state index in [1.807, 2.05) is 6.92 Å². The number of amides is 2. The fraction of sp³-hybridized carbons (Fsp3) is 0.286. The monoisotopic (exact) mass is 327 g/mol. The van der Waals surface area contributed by atoms with Crippen LogP contribution >= 0.6 is 22.9 Å². The normalized spacial score (nSPS) is 12.0. The van der Waals surface area contributed by atoms with Crippen molar-refractivity contribution in [2.75, 3.05) is 0 Å². The van der Waals surface area contributed by atoms with Crippen molar-refractivity contribution < 1.29 is 9.18 Å². The topological polar surface area (TPSA) is 54.0 Å². The molecule has 1 unspecified atom stereocenters. The lowest BCUT2D eigenvalue weighted by molar-refractivity contribution is 0.237. The van der Waals surface area contributed by atoms with Crippen molar-refractivity contribution in [3.63, 3.8) is 0 Å². The van der Waals surface area contributed by atoms with Gasteiger partial charge in [0.05, 0.1) is 22.6 Å². The smallest absolute Gasteiger partial charge is 0.315 e. The summed E-state index contributed by atoms with van der Waals surface area (Å²) in [6.07, 6.45) is 1.74. The Balaban J connectivity index is 1.88. The van der Waals surface area contributed by atoms with Crippen LogP contribution in [0, 0.1) is 12.7 Å². The average Bonchev–Trinajstić information content (AvgIpc) is 2.85. The summed E-state index contributed by atoms with van der Waals surface area (Å²) >= 11 is 7.26. The predicted octanol–water partition coefficient (Wildman–Crippen LogP) is 3.80. The molecule has 1 aromatic heterocycles. The minimum absolute atomic E-state index is 0.0432. The van der Waals surface area contributed by atoms with E-state index >= 15 is 0 Å². The number of benzene rings is 1. The highest BCUT2D eigenvalue weighted by Gasteiger charge is 2.11. The van der Waals surface area contributed by atoms with Gasteiger partial charge in [-0.15, -0.1) is 11.3 Å². The molecule has 0 spiro atoms. The highest BCUT2D eigenvalue weighted by molar-refractivity contribution is 7.11. The molecule has 0 saturated carbocycles. The number of nitrogens with zero attached hydrogens (tertiary/aromatic N) is 1. The summed E-state index contributed by atoms with van der Waals surface area (Å²) in [6.45, 7) is 4.14. The molecule has 2 amide bonds. The highest BCUT2D eigenvalue weighted by Crippen LogP contribution is 2.20. The van der Waals surface area contributed by atoms with Gasteiger partial charge < -0.3 is 10.6 Å². The summed E-state index contributed by atoms with van der Waals surface area (Å²) in [4.78, 5) is 16.9. The van der Waals surface area contributed by atoms with E-state index in [4.69, 9.17) is 11.6 Å². The minimum atomic E-state index is -0.474. The number of urea groups is 1. The van der Waals surface area contributed by atoms with Crippen molar-refractivity contribution in [3.8, 4) is 0 Å². The molecule has 2 N–H and O–H groups in total. The maximum Gasteiger partial charge on any atom is 0.315 e. The Morgan fingerprint density at radius 1 is 1.52 bits per heavy atom. The largest absolute Gasteiger partial charge is 0.333 e. The summed E-state index contributed by atoms with van der Waals surface area (Å²) in [5, 5.41) is 6.53. The molecule has 0 saturated heterocycles. The first-order valence-electron chi connectivity index (χ1n) is 6.36. The van der Waals surface area contributed by atoms with Crippen LogP contribution in [0.15, 0.2) is 24.4 Å². The average molecular weight is 328 g/mol. The van der Waals surface area contributed by atoms with E-state index in [1.165, 1.54) is 23.5 Å². The Kier molecular flexibility index (Phi) is 5.14. The van der Waals surface area contributed by atoms with E-state index in [2.05, 4.69) is 15.6 Å². The van der Waals surface area contributed by atoms with E-state index in [0.717, 1.165) is 15.4 Å². The lowest BCUT2D eigenvalue weighted by Crippen LogP contribution is -2.36. The Morgan fingerprint density at radius 2 is 2.29 bits per heavy atom. The van der Waals surface area contributed by atoms with Crippen molar-refractivity contribution in [2.45, 2.75) is 26.4 Å². The zero-order valence-electron chi connectivity index (χ0n) is 11.6. The number of halogens is 2. The third kappa shape index (κ3) is 4.41. The molecule has 0 aliphatic heterocycles. The van der Waals surface area contributed by atoms with Crippen LogP contribution in [0.2, 0.25) is 5.02 Å². The lowest BCUT2D eigenvalue weighted by Gasteiger charge is -2.15. The number of hydrogen-bond acceptors (Lipinski definition) is 3. The van der Waals surface area contributed by atoms with Crippen LogP contribution in [-0.2, 0) is 6.54 Å². The van der Waals surface area contributed by atoms with Gasteiger partial charge in [0.15, 0.2) is 0 Å². The maximum absolute atomic E-state index is 13.1. The van der Waals surface area contributed by atoms with Crippen molar-refractivity contribution in [1.29, 1.82) is 0 Å². The van der Waals surface area contributed by atoms with E-state index in [9.17, 15) is 9.18 Å². The van der Waals surface area contributed by atoms with E-state index in [1.54, 1.807) is 19.2 Å². The van der Waals surface area contributed by atoms with Crippen LogP contribution in [0.3, 0.4) is 0 Å². The van der Waals surface area contributed by atoms with E-state index in [-0.39, 0.29) is 17.1 Å². The third-order valence-electron chi connectivity index (χ3n) is 2.88. The number of carbonyl (C=O) groups is 1. The van der Waals surface area contributed by atoms with E-state index in [0.29, 0.717) is 6.54 Å². The zero-order chi connectivity index (χ0) is 15.4. The van der Waals surface area contributed by atoms with Crippen LogP contribution in [0.5, 0.6) is 0 Å². The van der Waals surface area contributed by atoms with Crippen molar-refractivity contribution in [1.82, 2.24) is 15.6 Å². The molecule has 112 valence electrons. The number of thiazole rings is 1. The van der Waals surface area contributed by atoms with Crippen LogP contribution in [0.1, 0.15) is 28.4 Å². The number of hydrogen-bond donors (Lipinski definition) is 2. The molecular formula is C14H15ClFN3OS. The molecule has 0 aliphatic carbocycles. The van der Waals surface area contributed by atoms with Crippen molar-refractivity contribution in [3.05, 3.63) is 50.7 Å². The van der Waals surface area contributed by atoms with E-state index < -0.39 is 5.82 Å². The SMILES string of the molecule is Cc1ncc(CNC(=O)NC(C)c2ccc(F)c(Cl)c2)s1. The molecule has 2 aromatic rings. The maximum atomic E-state index is 13.1. The number of aryl methyl sites for hydroxylation is 1. The summed E-state index contributed by atoms with van der Waals surface area (Å²) in [7, 11) is 0. The molecule has 2 rings (SSSR count). The molecule has 0 fully saturated rings. The van der Waals surface area contributed by atoms with Gasteiger partial charge in [0, 0.05) is 11.1 Å². The Bertz CT molecular complexity index is 647. The minimum Gasteiger partial charge on any atom is -0.333 e. The first kappa shape index (κ1) is 15.7. The second-order valence-electron chi connectivity index (χ2n) is 4.57. The predicted molar refractivity (Wildman–Crippen MR) is 82.0 cm³/mol. The van der Waals surface area contributed by atoms with Gasteiger partial charge in [-0.05, 0) is 31.5 Å². The first-order chi connectivity index (χ1) is 9.95. The molecule has 1 heterocycles. The molecule has 7 heteroatoms. The molecule has 1 aromatic carbocycles. The van der Waals surface area contributed by atoms with Gasteiger partial charge in [0.25, 0.3) is 0 Å². The summed E-state index contributed by atoms with van der Waals surface area (Å²) < 4.78 is 13.1. The molecule has 0 aliphatic rings. The molecule has 4 nitrogen and oxygen atoms in total. The Hall–Kier alpha value is -1.66. The molecule has 1 atom stereocenters. The second-order valence-corrected chi connectivity index (χ2v) is 6.29. The van der Waals surface area contributed by atoms with Gasteiger partial charge >= 0.3 is 6.03 Å². The van der Waals surface area contributed by atoms with Crippen molar-refractivity contribution >= 4 is 29.0 Å². The Morgan fingerprint density at radius 3 is 2.90 bits per heavy atom. The Labute approximate surface area is 131 Å². The van der Waals surface area contributed by atoms with Crippen LogP contribution < -0.4 is 10.6 Å². The highest BCUT2D eigenvalue weighted by atomic mass is 35.5. The number of aromatic nitrogens is 1. The molecule has 0 bridgehead atoms. The summed E-state index contributed by atoms with van der Waals surface area (Å²) in [5.74, 6) is -0.474. The van der Waals surface area contributed by atoms with Gasteiger partial charge in [-0.25, -0.2) is 14.2 Å². The van der Waals surface area contributed by atoms with Crippen LogP contribution in [0.4, 0.5) is 9.18 Å². The fourth-order valence-electron chi connectivity index (χ4n) is 1.77. The van der Waals surface area contributed by atoms with Crippen LogP contribution in [0.25, 0.3) is 0 Å². The number of carbonyl (C=O) groups excluding carboxylic acids is 1. The molecule has 0 radical (unpaired) electrons. The van der Waals surface area contributed by atoms with Gasteiger partial charge in [0.1, 0.15) is 5.82 Å². The molecular weight excluding hydrogens is 313 g/mol. The number of rotatable bonds is 4. The third-order valence-corrected chi connectivity index (χ3v) is 4.09. The standard InChI is InChI=1S/C14H15ClFN3OS/c1-8(10-3-4-13(16)12(15)5-10)19-14(20)18-7-11-6-17-9(2)21-11/h3-6,8H,7H2,1-2H3,(H2,18,19,20). The quantitative estimate of drug-likeness (QED) is 0.897. The number of nitrogens with one attached hydrogen (secondary N) is 2. The zero-order valence-corrected chi connectivity index (χ0v) is 13.2. The summed E-state index contributed by atoms with van der Waals surface area (Å²) in [6, 6.07) is 3.82. The van der Waals surface area contributed by atoms with Crippen molar-refractivity contribution in [2.24, 2.45) is 0 Å². The fourth-order valence-corrected chi connectivity index (χ4v) is 2.69. The van der Waals surface area contributed by atoms with Gasteiger partial charge in [-0.3, -0.25) is 0 Å². The van der Waals surface area contributed by atoms with Gasteiger partial charge in [0.2, 0.25) is 0 Å². The second kappa shape index (κ2) is 6.87.